The Balaban J connectivity index is 2.81. The van der Waals surface area contributed by atoms with Gasteiger partial charge in [-0.2, -0.15) is 0 Å². The second kappa shape index (κ2) is 6.47. The lowest BCUT2D eigenvalue weighted by molar-refractivity contribution is 0.0828. The van der Waals surface area contributed by atoms with Crippen LogP contribution in [-0.4, -0.2) is 48.5 Å². The Morgan fingerprint density at radius 1 is 1.47 bits per heavy atom. The molecule has 1 amide bonds. The van der Waals surface area contributed by atoms with Crippen molar-refractivity contribution in [3.63, 3.8) is 0 Å². The lowest BCUT2D eigenvalue weighted by Gasteiger charge is -2.16. The first-order chi connectivity index (χ1) is 8.06. The van der Waals surface area contributed by atoms with Crippen LogP contribution >= 0.6 is 11.6 Å². The maximum absolute atomic E-state index is 11.9. The number of nitrogens with one attached hydrogen (secondary N) is 1. The third-order valence-electron chi connectivity index (χ3n) is 2.27. The molecule has 0 radical (unpaired) electrons. The minimum atomic E-state index is -0.626. The highest BCUT2D eigenvalue weighted by Gasteiger charge is 2.13. The molecule has 1 rings (SSSR count). The molecule has 0 bridgehead atoms. The smallest absolute Gasteiger partial charge is 0.255 e. The third kappa shape index (κ3) is 3.91. The van der Waals surface area contributed by atoms with Crippen LogP contribution in [0.15, 0.2) is 24.3 Å². The number of hydrogen-bond acceptors (Lipinski definition) is 3. The Labute approximate surface area is 106 Å². The lowest BCUT2D eigenvalue weighted by Crippen LogP contribution is -2.25. The summed E-state index contributed by atoms with van der Waals surface area (Å²) >= 11 is 5.51. The number of amides is 1. The fourth-order valence-corrected chi connectivity index (χ4v) is 1.46. The number of nitrogens with zero attached hydrogens (tertiary/aromatic N) is 1. The summed E-state index contributed by atoms with van der Waals surface area (Å²) in [5.74, 6) is 0.0880. The summed E-state index contributed by atoms with van der Waals surface area (Å²) in [5.41, 5.74) is 1.29. The van der Waals surface area contributed by atoms with Crippen molar-refractivity contribution in [1.29, 1.82) is 0 Å². The van der Waals surface area contributed by atoms with Crippen LogP contribution in [-0.2, 0) is 0 Å². The maximum atomic E-state index is 11.9. The standard InChI is InChI=1S/C12H17ClN2O2/c1-15(2)12(17)10-5-3-4-6-11(10)14-8-9(16)7-13/h3-6,9,14,16H,7-8H2,1-2H3. The van der Waals surface area contributed by atoms with E-state index in [-0.39, 0.29) is 11.8 Å². The molecule has 0 aromatic heterocycles. The molecule has 1 aromatic rings. The Morgan fingerprint density at radius 3 is 2.71 bits per heavy atom. The summed E-state index contributed by atoms with van der Waals surface area (Å²) < 4.78 is 0. The van der Waals surface area contributed by atoms with Crippen molar-refractivity contribution in [2.24, 2.45) is 0 Å². The van der Waals surface area contributed by atoms with E-state index < -0.39 is 6.10 Å². The number of alkyl halides is 1. The number of anilines is 1. The minimum Gasteiger partial charge on any atom is -0.390 e. The van der Waals surface area contributed by atoms with Gasteiger partial charge >= 0.3 is 0 Å². The highest BCUT2D eigenvalue weighted by molar-refractivity contribution is 6.18. The van der Waals surface area contributed by atoms with Gasteiger partial charge in [-0.15, -0.1) is 11.6 Å². The van der Waals surface area contributed by atoms with Gasteiger partial charge in [-0.1, -0.05) is 12.1 Å². The van der Waals surface area contributed by atoms with Crippen molar-refractivity contribution in [3.05, 3.63) is 29.8 Å². The van der Waals surface area contributed by atoms with Crippen molar-refractivity contribution in [2.45, 2.75) is 6.10 Å². The van der Waals surface area contributed by atoms with Crippen molar-refractivity contribution in [2.75, 3.05) is 31.8 Å². The van der Waals surface area contributed by atoms with Gasteiger partial charge in [0.2, 0.25) is 0 Å². The minimum absolute atomic E-state index is 0.0755. The summed E-state index contributed by atoms with van der Waals surface area (Å²) in [5, 5.41) is 12.4. The molecule has 1 aromatic carbocycles. The predicted molar refractivity (Wildman–Crippen MR) is 69.7 cm³/mol. The number of carbonyl (C=O) groups is 1. The maximum Gasteiger partial charge on any atom is 0.255 e. The van der Waals surface area contributed by atoms with E-state index in [2.05, 4.69) is 5.32 Å². The molecular formula is C12H17ClN2O2. The molecule has 0 fully saturated rings. The Kier molecular flexibility index (Phi) is 5.25. The van der Waals surface area contributed by atoms with Gasteiger partial charge in [0.15, 0.2) is 0 Å². The zero-order chi connectivity index (χ0) is 12.8. The van der Waals surface area contributed by atoms with Crippen LogP contribution in [0.5, 0.6) is 0 Å². The zero-order valence-electron chi connectivity index (χ0n) is 9.98. The molecule has 1 atom stereocenters. The molecule has 0 aliphatic rings. The van der Waals surface area contributed by atoms with E-state index >= 15 is 0 Å². The molecule has 17 heavy (non-hydrogen) atoms. The van der Waals surface area contributed by atoms with Crippen LogP contribution in [0.25, 0.3) is 0 Å². The van der Waals surface area contributed by atoms with E-state index in [9.17, 15) is 9.90 Å². The fraction of sp³-hybridized carbons (Fsp3) is 0.417. The number of aliphatic hydroxyl groups is 1. The van der Waals surface area contributed by atoms with Crippen molar-refractivity contribution in [3.8, 4) is 0 Å². The van der Waals surface area contributed by atoms with Gasteiger partial charge < -0.3 is 15.3 Å². The van der Waals surface area contributed by atoms with E-state index in [0.29, 0.717) is 17.8 Å². The summed E-state index contributed by atoms with van der Waals surface area (Å²) in [6.45, 7) is 0.321. The number of carbonyl (C=O) groups excluding carboxylic acids is 1. The average Bonchev–Trinajstić information content (AvgIpc) is 2.35. The predicted octanol–water partition coefficient (Wildman–Crippen LogP) is 1.40. The summed E-state index contributed by atoms with van der Waals surface area (Å²) in [7, 11) is 3.40. The van der Waals surface area contributed by atoms with Gasteiger partial charge in [0, 0.05) is 26.3 Å². The van der Waals surface area contributed by atoms with E-state index in [1.165, 1.54) is 4.90 Å². The van der Waals surface area contributed by atoms with Crippen molar-refractivity contribution >= 4 is 23.2 Å². The normalized spacial score (nSPS) is 12.0. The van der Waals surface area contributed by atoms with Crippen LogP contribution in [0.1, 0.15) is 10.4 Å². The van der Waals surface area contributed by atoms with Crippen LogP contribution in [0.2, 0.25) is 0 Å². The molecule has 5 heteroatoms. The molecule has 0 spiro atoms. The third-order valence-corrected chi connectivity index (χ3v) is 2.63. The summed E-state index contributed by atoms with van der Waals surface area (Å²) in [4.78, 5) is 13.4. The van der Waals surface area contributed by atoms with E-state index in [1.807, 2.05) is 6.07 Å². The number of aliphatic hydroxyl groups excluding tert-OH is 1. The Morgan fingerprint density at radius 2 is 2.12 bits per heavy atom. The fourth-order valence-electron chi connectivity index (χ4n) is 1.35. The topological polar surface area (TPSA) is 52.6 Å². The number of para-hydroxylation sites is 1. The molecule has 4 nitrogen and oxygen atoms in total. The molecule has 2 N–H and O–H groups in total. The van der Waals surface area contributed by atoms with Crippen LogP contribution in [0.3, 0.4) is 0 Å². The first kappa shape index (κ1) is 13.8. The van der Waals surface area contributed by atoms with Gasteiger partial charge in [0.05, 0.1) is 17.5 Å². The van der Waals surface area contributed by atoms with E-state index in [0.717, 1.165) is 0 Å². The second-order valence-corrected chi connectivity index (χ2v) is 4.24. The van der Waals surface area contributed by atoms with Gasteiger partial charge in [-0.05, 0) is 12.1 Å². The van der Waals surface area contributed by atoms with E-state index in [1.54, 1.807) is 32.3 Å². The first-order valence-electron chi connectivity index (χ1n) is 5.35. The molecule has 0 aliphatic carbocycles. The van der Waals surface area contributed by atoms with Crippen LogP contribution in [0, 0.1) is 0 Å². The summed E-state index contributed by atoms with van der Waals surface area (Å²) in [6.07, 6.45) is -0.626. The van der Waals surface area contributed by atoms with Gasteiger partial charge in [0.1, 0.15) is 0 Å². The number of halogens is 1. The molecule has 1 unspecified atom stereocenters. The zero-order valence-corrected chi connectivity index (χ0v) is 10.7. The Hall–Kier alpha value is -1.26. The first-order valence-corrected chi connectivity index (χ1v) is 5.88. The Bertz CT molecular complexity index is 383. The monoisotopic (exact) mass is 256 g/mol. The number of hydrogen-bond donors (Lipinski definition) is 2. The van der Waals surface area contributed by atoms with Gasteiger partial charge in [-0.3, -0.25) is 4.79 Å². The average molecular weight is 257 g/mol. The molecule has 0 saturated heterocycles. The van der Waals surface area contributed by atoms with Gasteiger partial charge in [0.25, 0.3) is 5.91 Å². The quantitative estimate of drug-likeness (QED) is 0.783. The lowest BCUT2D eigenvalue weighted by atomic mass is 10.1. The van der Waals surface area contributed by atoms with Crippen LogP contribution in [0.4, 0.5) is 5.69 Å². The summed E-state index contributed by atoms with van der Waals surface area (Å²) in [6, 6.07) is 7.19. The van der Waals surface area contributed by atoms with E-state index in [4.69, 9.17) is 11.6 Å². The molecule has 0 aliphatic heterocycles. The highest BCUT2D eigenvalue weighted by atomic mass is 35.5. The van der Waals surface area contributed by atoms with Crippen molar-refractivity contribution < 1.29 is 9.90 Å². The van der Waals surface area contributed by atoms with Gasteiger partial charge in [-0.25, -0.2) is 0 Å². The highest BCUT2D eigenvalue weighted by Crippen LogP contribution is 2.16. The molecule has 0 heterocycles. The SMILES string of the molecule is CN(C)C(=O)c1ccccc1NCC(O)CCl. The molecule has 0 saturated carbocycles. The number of rotatable bonds is 5. The second-order valence-electron chi connectivity index (χ2n) is 3.93. The molecular weight excluding hydrogens is 240 g/mol. The number of benzene rings is 1. The largest absolute Gasteiger partial charge is 0.390 e. The van der Waals surface area contributed by atoms with Crippen LogP contribution < -0.4 is 5.32 Å². The molecule has 94 valence electrons. The van der Waals surface area contributed by atoms with Crippen molar-refractivity contribution in [1.82, 2.24) is 4.90 Å².